The van der Waals surface area contributed by atoms with E-state index in [1.165, 1.54) is 36.6 Å². The third-order valence-corrected chi connectivity index (χ3v) is 5.51. The number of benzene rings is 2. The molecule has 0 N–H and O–H groups in total. The molecule has 0 atom stereocenters. The Morgan fingerprint density at radius 2 is 1.74 bits per heavy atom. The lowest BCUT2D eigenvalue weighted by Crippen LogP contribution is -2.17. The molecule has 4 nitrogen and oxygen atoms in total. The Hall–Kier alpha value is -3.00. The molecule has 164 valence electrons. The fourth-order valence-electron chi connectivity index (χ4n) is 3.07. The molecule has 0 spiro atoms. The minimum atomic E-state index is -4.83. The highest BCUT2D eigenvalue weighted by atomic mass is 32.1. The molecule has 0 saturated heterocycles. The lowest BCUT2D eigenvalue weighted by Gasteiger charge is -2.14. The van der Waals surface area contributed by atoms with E-state index in [1.807, 2.05) is 31.2 Å². The Balaban J connectivity index is 2.06. The van der Waals surface area contributed by atoms with Gasteiger partial charge in [0.05, 0.1) is 20.1 Å². The summed E-state index contributed by atoms with van der Waals surface area (Å²) in [5.41, 5.74) is 2.16. The Morgan fingerprint density at radius 3 is 2.39 bits per heavy atom. The van der Waals surface area contributed by atoms with Crippen LogP contribution in [0, 0.1) is 0 Å². The molecule has 0 fully saturated rings. The molecule has 3 aromatic rings. The molecule has 1 aromatic heterocycles. The van der Waals surface area contributed by atoms with Crippen molar-refractivity contribution in [2.24, 2.45) is 0 Å². The molecule has 0 radical (unpaired) electrons. The zero-order valence-electron chi connectivity index (χ0n) is 17.0. The van der Waals surface area contributed by atoms with E-state index in [0.717, 1.165) is 22.6 Å². The minimum absolute atomic E-state index is 0.0842. The molecule has 0 amide bonds. The number of esters is 1. The standard InChI is InChI=1S/C23H21F3O4S/c1-3-12-29-16-10-8-15(9-11-16)22-18(13-21(27)28-2)19(14-31-22)17-6-4-5-7-20(17)30-23(24,25)26/h4-11,14H,3,12-13H2,1-2H3. The number of methoxy groups -OCH3 is 1. The maximum atomic E-state index is 12.9. The summed E-state index contributed by atoms with van der Waals surface area (Å²) in [5.74, 6) is -0.0902. The zero-order chi connectivity index (χ0) is 22.4. The highest BCUT2D eigenvalue weighted by molar-refractivity contribution is 7.14. The maximum Gasteiger partial charge on any atom is 0.573 e. The summed E-state index contributed by atoms with van der Waals surface area (Å²) in [7, 11) is 1.27. The number of hydrogen-bond donors (Lipinski definition) is 0. The molecule has 0 saturated carbocycles. The second kappa shape index (κ2) is 9.87. The number of carbonyl (C=O) groups is 1. The summed E-state index contributed by atoms with van der Waals surface area (Å²) in [5, 5.41) is 1.73. The van der Waals surface area contributed by atoms with Gasteiger partial charge < -0.3 is 14.2 Å². The average molecular weight is 450 g/mol. The van der Waals surface area contributed by atoms with Gasteiger partial charge in [0.15, 0.2) is 0 Å². The lowest BCUT2D eigenvalue weighted by molar-refractivity contribution is -0.274. The van der Waals surface area contributed by atoms with Crippen LogP contribution in [0.25, 0.3) is 21.6 Å². The summed E-state index contributed by atoms with van der Waals surface area (Å²) in [4.78, 5) is 12.9. The molecular formula is C23H21F3O4S. The summed E-state index contributed by atoms with van der Waals surface area (Å²) in [6.07, 6.45) is -4.02. The lowest BCUT2D eigenvalue weighted by atomic mass is 9.97. The Bertz CT molecular complexity index is 1030. The van der Waals surface area contributed by atoms with E-state index in [-0.39, 0.29) is 17.7 Å². The van der Waals surface area contributed by atoms with Gasteiger partial charge in [-0.05, 0) is 53.3 Å². The molecule has 0 bridgehead atoms. The first-order valence-corrected chi connectivity index (χ1v) is 10.5. The van der Waals surface area contributed by atoms with Crippen LogP contribution in [-0.4, -0.2) is 26.0 Å². The van der Waals surface area contributed by atoms with Gasteiger partial charge in [0.25, 0.3) is 0 Å². The molecule has 0 aliphatic rings. The van der Waals surface area contributed by atoms with E-state index in [0.29, 0.717) is 17.7 Å². The van der Waals surface area contributed by atoms with Crippen molar-refractivity contribution in [3.05, 3.63) is 59.5 Å². The van der Waals surface area contributed by atoms with Gasteiger partial charge in [0.2, 0.25) is 0 Å². The van der Waals surface area contributed by atoms with E-state index in [4.69, 9.17) is 9.47 Å². The molecule has 0 unspecified atom stereocenters. The first kappa shape index (κ1) is 22.7. The van der Waals surface area contributed by atoms with Gasteiger partial charge >= 0.3 is 12.3 Å². The van der Waals surface area contributed by atoms with Crippen molar-refractivity contribution in [2.75, 3.05) is 13.7 Å². The van der Waals surface area contributed by atoms with E-state index < -0.39 is 12.3 Å². The highest BCUT2D eigenvalue weighted by Crippen LogP contribution is 2.43. The molecule has 1 heterocycles. The maximum absolute atomic E-state index is 12.9. The summed E-state index contributed by atoms with van der Waals surface area (Å²) < 4.78 is 53.3. The number of carbonyl (C=O) groups excluding carboxylic acids is 1. The van der Waals surface area contributed by atoms with Crippen molar-refractivity contribution >= 4 is 17.3 Å². The molecular weight excluding hydrogens is 429 g/mol. The van der Waals surface area contributed by atoms with Gasteiger partial charge in [0.1, 0.15) is 11.5 Å². The van der Waals surface area contributed by atoms with E-state index in [2.05, 4.69) is 4.74 Å². The second-order valence-electron chi connectivity index (χ2n) is 6.63. The Kier molecular flexibility index (Phi) is 7.22. The van der Waals surface area contributed by atoms with Gasteiger partial charge in [-0.25, -0.2) is 0 Å². The minimum Gasteiger partial charge on any atom is -0.494 e. The van der Waals surface area contributed by atoms with Crippen molar-refractivity contribution in [3.63, 3.8) is 0 Å². The number of rotatable bonds is 8. The number of thiophene rings is 1. The van der Waals surface area contributed by atoms with Gasteiger partial charge in [-0.15, -0.1) is 24.5 Å². The first-order valence-electron chi connectivity index (χ1n) is 9.58. The number of para-hydroxylation sites is 1. The predicted molar refractivity (Wildman–Crippen MR) is 113 cm³/mol. The quantitative estimate of drug-likeness (QED) is 0.368. The van der Waals surface area contributed by atoms with Crippen molar-refractivity contribution in [1.29, 1.82) is 0 Å². The molecule has 3 rings (SSSR count). The van der Waals surface area contributed by atoms with Crippen molar-refractivity contribution in [3.8, 4) is 33.1 Å². The average Bonchev–Trinajstić information content (AvgIpc) is 3.15. The number of halogens is 3. The third kappa shape index (κ3) is 5.79. The molecule has 2 aromatic carbocycles. The smallest absolute Gasteiger partial charge is 0.494 e. The summed E-state index contributed by atoms with van der Waals surface area (Å²) >= 11 is 1.34. The van der Waals surface area contributed by atoms with Crippen LogP contribution >= 0.6 is 11.3 Å². The van der Waals surface area contributed by atoms with E-state index >= 15 is 0 Å². The van der Waals surface area contributed by atoms with Crippen LogP contribution in [0.2, 0.25) is 0 Å². The fraction of sp³-hybridized carbons (Fsp3) is 0.261. The topological polar surface area (TPSA) is 44.8 Å². The SMILES string of the molecule is CCCOc1ccc(-c2scc(-c3ccccc3OC(F)(F)F)c2CC(=O)OC)cc1. The van der Waals surface area contributed by atoms with Gasteiger partial charge in [-0.3, -0.25) is 4.79 Å². The molecule has 0 aliphatic carbocycles. The van der Waals surface area contributed by atoms with Crippen LogP contribution < -0.4 is 9.47 Å². The van der Waals surface area contributed by atoms with Crippen LogP contribution in [0.1, 0.15) is 18.9 Å². The van der Waals surface area contributed by atoms with Crippen LogP contribution in [0.3, 0.4) is 0 Å². The molecule has 8 heteroatoms. The largest absolute Gasteiger partial charge is 0.573 e. The van der Waals surface area contributed by atoms with Gasteiger partial charge in [-0.2, -0.15) is 0 Å². The van der Waals surface area contributed by atoms with Crippen molar-refractivity contribution in [2.45, 2.75) is 26.1 Å². The van der Waals surface area contributed by atoms with Crippen LogP contribution in [-0.2, 0) is 16.0 Å². The monoisotopic (exact) mass is 450 g/mol. The fourth-order valence-corrected chi connectivity index (χ4v) is 4.17. The van der Waals surface area contributed by atoms with E-state index in [9.17, 15) is 18.0 Å². The van der Waals surface area contributed by atoms with Crippen LogP contribution in [0.15, 0.2) is 53.9 Å². The van der Waals surface area contributed by atoms with Gasteiger partial charge in [-0.1, -0.05) is 25.1 Å². The Labute approximate surface area is 182 Å². The summed E-state index contributed by atoms with van der Waals surface area (Å²) in [6.45, 7) is 2.62. The number of hydrogen-bond acceptors (Lipinski definition) is 5. The third-order valence-electron chi connectivity index (χ3n) is 4.43. The predicted octanol–water partition coefficient (Wildman–Crippen LogP) is 6.49. The Morgan fingerprint density at radius 1 is 1.03 bits per heavy atom. The highest BCUT2D eigenvalue weighted by Gasteiger charge is 2.32. The zero-order valence-corrected chi connectivity index (χ0v) is 17.8. The van der Waals surface area contributed by atoms with Crippen LogP contribution in [0.4, 0.5) is 13.2 Å². The van der Waals surface area contributed by atoms with Crippen molar-refractivity contribution in [1.82, 2.24) is 0 Å². The summed E-state index contributed by atoms with van der Waals surface area (Å²) in [6, 6.07) is 13.3. The molecule has 31 heavy (non-hydrogen) atoms. The first-order chi connectivity index (χ1) is 14.8. The normalized spacial score (nSPS) is 11.3. The van der Waals surface area contributed by atoms with Crippen LogP contribution in [0.5, 0.6) is 11.5 Å². The number of ether oxygens (including phenoxy) is 3. The second-order valence-corrected chi connectivity index (χ2v) is 7.51. The molecule has 0 aliphatic heterocycles. The van der Waals surface area contributed by atoms with Gasteiger partial charge in [0, 0.05) is 16.0 Å². The van der Waals surface area contributed by atoms with Crippen molar-refractivity contribution < 1.29 is 32.2 Å². The van der Waals surface area contributed by atoms with E-state index in [1.54, 1.807) is 11.4 Å². The number of alkyl halides is 3.